The van der Waals surface area contributed by atoms with E-state index in [1.165, 1.54) is 68.9 Å². The number of hydrogen-bond acceptors (Lipinski definition) is 19. The summed E-state index contributed by atoms with van der Waals surface area (Å²) >= 11 is 0. The maximum absolute atomic E-state index is 14.4. The lowest BCUT2D eigenvalue weighted by Crippen LogP contribution is -2.39. The van der Waals surface area contributed by atoms with E-state index in [1.54, 1.807) is 57.2 Å². The molecule has 5 amide bonds. The van der Waals surface area contributed by atoms with E-state index in [1.807, 2.05) is 95.2 Å². The van der Waals surface area contributed by atoms with Gasteiger partial charge in [0.15, 0.2) is 28.2 Å². The number of rotatable bonds is 21. The molecule has 1 aliphatic rings. The zero-order chi connectivity index (χ0) is 99.2. The van der Waals surface area contributed by atoms with Crippen LogP contribution in [0, 0.1) is 73.0 Å². The largest absolute Gasteiger partial charge is 0.573 e. The van der Waals surface area contributed by atoms with Crippen molar-refractivity contribution in [2.75, 3.05) is 26.6 Å². The number of halogens is 11. The van der Waals surface area contributed by atoms with Crippen molar-refractivity contribution in [1.29, 1.82) is 0 Å². The SMILES string of the molecule is CC(C)(C)CC(=O)Nc1nc2cc(F)cnc2n1-c1ccc(OC(F)(F)F)cc1.CCC(O)(CC)CC(=O)Nc1nc2ccc(C)nc2n1C1(C)CCC1.Cc1ccc2nc(NC(=O)CC(C)(C)C)n(-c3cc(F)ccc3F)c2n1.Cc1ccc2nc(NC(=O)CC(C)(C)C)n(-c3ccc(F)cc3F)c2n1.Cc1ccc2nc(NC(=O)CC(C)(C)O)n(-c3ccc(OC(F)(F)F)cc3)c2n1. The quantitative estimate of drug-likeness (QED) is 0.0329. The molecule has 0 saturated heterocycles. The number of alkyl halides is 6. The molecule has 14 aromatic rings. The molecule has 1 saturated carbocycles. The van der Waals surface area contributed by atoms with Crippen LogP contribution in [-0.4, -0.2) is 136 Å². The van der Waals surface area contributed by atoms with E-state index >= 15 is 0 Å². The van der Waals surface area contributed by atoms with Crippen molar-refractivity contribution in [3.05, 3.63) is 198 Å². The molecule has 0 bridgehead atoms. The fourth-order valence-corrected chi connectivity index (χ4v) is 14.3. The van der Waals surface area contributed by atoms with Crippen molar-refractivity contribution in [3.8, 4) is 34.2 Å². The van der Waals surface area contributed by atoms with Crippen LogP contribution in [0.4, 0.5) is 78.0 Å². The van der Waals surface area contributed by atoms with E-state index in [9.17, 15) is 82.5 Å². The number of imidazole rings is 5. The fourth-order valence-electron chi connectivity index (χ4n) is 14.3. The van der Waals surface area contributed by atoms with Crippen molar-refractivity contribution in [3.63, 3.8) is 0 Å². The van der Waals surface area contributed by atoms with Crippen molar-refractivity contribution in [2.24, 2.45) is 16.2 Å². The summed E-state index contributed by atoms with van der Waals surface area (Å²) in [5.41, 5.74) is 5.56. The van der Waals surface area contributed by atoms with Crippen LogP contribution < -0.4 is 36.1 Å². The number of anilines is 5. The molecule has 15 rings (SSSR count). The van der Waals surface area contributed by atoms with Gasteiger partial charge in [-0.05, 0) is 218 Å². The third-order valence-electron chi connectivity index (χ3n) is 20.7. The Morgan fingerprint density at radius 3 is 1.12 bits per heavy atom. The Morgan fingerprint density at radius 1 is 0.378 bits per heavy atom. The minimum absolute atomic E-state index is 0.0586. The van der Waals surface area contributed by atoms with Gasteiger partial charge in [-0.3, -0.25) is 73.4 Å². The molecule has 1 fully saturated rings. The highest BCUT2D eigenvalue weighted by atomic mass is 19.4. The number of ether oxygens (including phenoxy) is 2. The van der Waals surface area contributed by atoms with E-state index in [4.69, 9.17) is 0 Å². The van der Waals surface area contributed by atoms with Gasteiger partial charge in [0, 0.05) is 65.8 Å². The Labute approximate surface area is 769 Å². The molecule has 0 unspecified atom stereocenters. The molecule has 0 radical (unpaired) electrons. The molecule has 10 heterocycles. The average Bonchev–Trinajstić information content (AvgIpc) is 1.63. The molecule has 4 aromatic carbocycles. The van der Waals surface area contributed by atoms with Gasteiger partial charge in [-0.2, -0.15) is 0 Å². The molecule has 10 aromatic heterocycles. The second-order valence-corrected chi connectivity index (χ2v) is 37.2. The minimum Gasteiger partial charge on any atom is -0.406 e. The Kier molecular flexibility index (Phi) is 30.5. The summed E-state index contributed by atoms with van der Waals surface area (Å²) in [6, 6.07) is 32.0. The molecule has 716 valence electrons. The highest BCUT2D eigenvalue weighted by molar-refractivity contribution is 5.96. The summed E-state index contributed by atoms with van der Waals surface area (Å²) in [7, 11) is 0. The number of nitrogens with zero attached hydrogens (tertiary/aromatic N) is 15. The van der Waals surface area contributed by atoms with Gasteiger partial charge in [0.2, 0.25) is 59.3 Å². The first-order valence-electron chi connectivity index (χ1n) is 43.0. The third-order valence-corrected chi connectivity index (χ3v) is 20.7. The Morgan fingerprint density at radius 2 is 0.726 bits per heavy atom. The third kappa shape index (κ3) is 27.2. The van der Waals surface area contributed by atoms with E-state index in [2.05, 4.69) is 97.4 Å². The van der Waals surface area contributed by atoms with Crippen LogP contribution in [-0.2, 0) is 29.5 Å². The highest BCUT2D eigenvalue weighted by Crippen LogP contribution is 2.44. The van der Waals surface area contributed by atoms with Gasteiger partial charge in [0.25, 0.3) is 0 Å². The first kappa shape index (κ1) is 102. The summed E-state index contributed by atoms with van der Waals surface area (Å²) in [5, 5.41) is 33.9. The second kappa shape index (κ2) is 40.5. The number of aromatic nitrogens is 15. The lowest BCUT2D eigenvalue weighted by atomic mass is 9.78. The molecule has 1 aliphatic carbocycles. The number of carbonyl (C=O) groups excluding carboxylic acids is 5. The number of carbonyl (C=O) groups is 5. The van der Waals surface area contributed by atoms with Crippen LogP contribution in [0.25, 0.3) is 78.6 Å². The smallest absolute Gasteiger partial charge is 0.406 e. The van der Waals surface area contributed by atoms with Crippen molar-refractivity contribution < 1.29 is 92.0 Å². The normalized spacial score (nSPS) is 12.9. The van der Waals surface area contributed by atoms with Gasteiger partial charge >= 0.3 is 12.7 Å². The molecular weight excluding hydrogens is 1770 g/mol. The molecule has 0 atom stereocenters. The van der Waals surface area contributed by atoms with E-state index in [0.29, 0.717) is 80.7 Å². The summed E-state index contributed by atoms with van der Waals surface area (Å²) < 4.78 is 159. The highest BCUT2D eigenvalue weighted by Gasteiger charge is 2.40. The first-order chi connectivity index (χ1) is 62.9. The maximum atomic E-state index is 14.4. The van der Waals surface area contributed by atoms with Crippen molar-refractivity contribution >= 4 is 115 Å². The van der Waals surface area contributed by atoms with E-state index in [-0.39, 0.29) is 130 Å². The lowest BCUT2D eigenvalue weighted by molar-refractivity contribution is -0.275. The van der Waals surface area contributed by atoms with Gasteiger partial charge in [-0.1, -0.05) is 76.2 Å². The van der Waals surface area contributed by atoms with Crippen molar-refractivity contribution in [1.82, 2.24) is 72.7 Å². The molecule has 40 heteroatoms. The molecule has 0 spiro atoms. The van der Waals surface area contributed by atoms with Crippen LogP contribution in [0.15, 0.2) is 146 Å². The average molecular weight is 1880 g/mol. The predicted molar refractivity (Wildman–Crippen MR) is 489 cm³/mol. The van der Waals surface area contributed by atoms with Crippen LogP contribution in [0.1, 0.15) is 184 Å². The zero-order valence-electron chi connectivity index (χ0n) is 77.5. The summed E-state index contributed by atoms with van der Waals surface area (Å²) in [6.45, 7) is 33.6. The number of benzene rings is 4. The summed E-state index contributed by atoms with van der Waals surface area (Å²) in [6.07, 6.45) is -3.62. The number of aliphatic hydroxyl groups is 2. The van der Waals surface area contributed by atoms with Gasteiger partial charge in [-0.25, -0.2) is 71.8 Å². The lowest BCUT2D eigenvalue weighted by Gasteiger charge is -2.40. The molecule has 7 N–H and O–H groups in total. The van der Waals surface area contributed by atoms with Crippen LogP contribution in [0.3, 0.4) is 0 Å². The number of amides is 5. The van der Waals surface area contributed by atoms with Gasteiger partial charge in [0.1, 0.15) is 68.2 Å². The Balaban J connectivity index is 0.000000162. The number of aryl methyl sites for hydroxylation is 4. The van der Waals surface area contributed by atoms with Gasteiger partial charge in [-0.15, -0.1) is 26.3 Å². The first-order valence-corrected chi connectivity index (χ1v) is 43.0. The molecule has 0 aliphatic heterocycles. The van der Waals surface area contributed by atoms with Crippen LogP contribution >= 0.6 is 0 Å². The topological polar surface area (TPSA) is 358 Å². The Bertz CT molecular complexity index is 6660. The summed E-state index contributed by atoms with van der Waals surface area (Å²) in [4.78, 5) is 106. The molecular formula is C95H105F11N20O9. The van der Waals surface area contributed by atoms with Crippen molar-refractivity contribution in [2.45, 2.75) is 218 Å². The number of hydrogen-bond donors (Lipinski definition) is 7. The van der Waals surface area contributed by atoms with Gasteiger partial charge in [0.05, 0.1) is 53.0 Å². The van der Waals surface area contributed by atoms with Crippen LogP contribution in [0.5, 0.6) is 11.5 Å². The van der Waals surface area contributed by atoms with E-state index in [0.717, 1.165) is 96.6 Å². The van der Waals surface area contributed by atoms with Gasteiger partial charge < -0.3 is 19.7 Å². The number of nitrogens with one attached hydrogen (secondary N) is 5. The van der Waals surface area contributed by atoms with Crippen LogP contribution in [0.2, 0.25) is 0 Å². The fraction of sp³-hybridized carbons (Fsp3) is 0.379. The molecule has 135 heavy (non-hydrogen) atoms. The predicted octanol–water partition coefficient (Wildman–Crippen LogP) is 20.8. The zero-order valence-corrected chi connectivity index (χ0v) is 77.5. The monoisotopic (exact) mass is 1880 g/mol. The maximum Gasteiger partial charge on any atom is 0.573 e. The number of pyridine rings is 5. The summed E-state index contributed by atoms with van der Waals surface area (Å²) in [5.74, 6) is -4.54. The Hall–Kier alpha value is -13.9. The molecule has 29 nitrogen and oxygen atoms in total. The second-order valence-electron chi connectivity index (χ2n) is 37.2. The number of fused-ring (bicyclic) bond motifs is 5. The minimum atomic E-state index is -4.81. The standard InChI is InChI=1S/C19H18F4N4O2.C19H19F3N4O3.2C19H20F2N4O.C19H28N4O2/c1-18(2,3)9-15(28)26-17-25-14-8-11(20)10-24-16(14)27(17)12-4-6-13(7-5-12)29-19(21,22)23;1-11-4-9-14-16(23-11)26(17(24-14)25-15(27)10-18(2,3)28)12-5-7-13(8-6-12)29-19(20,21)22;1-11-5-8-14-17(22-11)25(15-9-12(20)6-7-13(15)21)18(23-14)24-16(26)10-19(2,3)4;1-11-5-7-14-17(22-11)25(15-8-6-12(20)9-13(15)21)18(23-14)24-16(26)10-19(2,3)4;1-5-19(25,6-2)12-15(24)22-17-21-14-9-8-13(3)20-16(14)23(17)18(4)10-7-11-18/h4-8,10H,9H2,1-3H3,(H,25,26,28);4-9,28H,10H2,1-3H3,(H,24,25,27);2*5-9H,10H2,1-4H3,(H,23,24,26);8-9,25H,5-7,10-12H2,1-4H3,(H,21,22,24). The van der Waals surface area contributed by atoms with E-state index < -0.39 is 64.7 Å².